The number of hydrogen-bond acceptors (Lipinski definition) is 14. The van der Waals surface area contributed by atoms with Crippen LogP contribution in [0.1, 0.15) is 58.8 Å². The van der Waals surface area contributed by atoms with Crippen LogP contribution in [0, 0.1) is 12.3 Å². The van der Waals surface area contributed by atoms with Crippen LogP contribution in [0.3, 0.4) is 0 Å². The fraction of sp³-hybridized carbons (Fsp3) is 0.455. The first kappa shape index (κ1) is 45.2. The fourth-order valence-electron chi connectivity index (χ4n) is 7.54. The van der Waals surface area contributed by atoms with Crippen LogP contribution in [0.15, 0.2) is 91.0 Å². The molecule has 2 fully saturated rings. The summed E-state index contributed by atoms with van der Waals surface area (Å²) in [6.45, 7) is 10.8. The zero-order chi connectivity index (χ0) is 42.9. The lowest BCUT2D eigenvalue weighted by Gasteiger charge is -2.49. The molecule has 3 aromatic carbocycles. The number of terminal acetylenes is 1. The van der Waals surface area contributed by atoms with Crippen LogP contribution in [0.5, 0.6) is 0 Å². The molecule has 2 aliphatic rings. The maximum atomic E-state index is 13.8. The number of hydrogen-bond donors (Lipinski definition) is 1. The number of carbonyl (C=O) groups excluding carboxylic acids is 4. The average Bonchev–Trinajstić information content (AvgIpc) is 3.19. The molecule has 0 amide bonds. The zero-order valence-corrected chi connectivity index (χ0v) is 35.2. The molecule has 0 radical (unpaired) electrons. The van der Waals surface area contributed by atoms with Gasteiger partial charge in [-0.1, -0.05) is 106 Å². The van der Waals surface area contributed by atoms with Gasteiger partial charge in [0.1, 0.15) is 18.8 Å². The molecule has 0 spiro atoms. The molecule has 0 saturated carbocycles. The summed E-state index contributed by atoms with van der Waals surface area (Å²) in [4.78, 5) is 50.8. The van der Waals surface area contributed by atoms with E-state index < -0.39 is 98.6 Å². The van der Waals surface area contributed by atoms with E-state index in [0.29, 0.717) is 0 Å². The van der Waals surface area contributed by atoms with E-state index >= 15 is 0 Å². The van der Waals surface area contributed by atoms with E-state index in [1.807, 2.05) is 60.7 Å². The van der Waals surface area contributed by atoms with Gasteiger partial charge in [0.05, 0.1) is 18.3 Å². The quantitative estimate of drug-likeness (QED) is 0.108. The Kier molecular flexibility index (Phi) is 15.2. The fourth-order valence-corrected chi connectivity index (χ4v) is 12.1. The minimum Gasteiger partial charge on any atom is -0.456 e. The number of carbonyl (C=O) groups is 4. The van der Waals surface area contributed by atoms with Crippen molar-refractivity contribution in [1.29, 1.82) is 0 Å². The van der Waals surface area contributed by atoms with Crippen LogP contribution in [0.4, 0.5) is 0 Å². The Labute approximate surface area is 345 Å². The molecule has 0 unspecified atom stereocenters. The summed E-state index contributed by atoms with van der Waals surface area (Å²) in [5.41, 5.74) is 0.172. The van der Waals surface area contributed by atoms with Gasteiger partial charge in [0.2, 0.25) is 0 Å². The lowest BCUT2D eigenvalue weighted by Crippen LogP contribution is -2.69. The summed E-state index contributed by atoms with van der Waals surface area (Å²) in [6, 6.07) is 27.9. The lowest BCUT2D eigenvalue weighted by atomic mass is 9.96. The smallest absolute Gasteiger partial charge is 0.338 e. The Hall–Kier alpha value is -4.92. The Morgan fingerprint density at radius 2 is 1.20 bits per heavy atom. The predicted octanol–water partition coefficient (Wildman–Crippen LogP) is 3.45. The van der Waals surface area contributed by atoms with Crippen molar-refractivity contribution in [1.82, 2.24) is 0 Å². The van der Waals surface area contributed by atoms with Gasteiger partial charge >= 0.3 is 23.9 Å². The van der Waals surface area contributed by atoms with Gasteiger partial charge in [-0.25, -0.2) is 4.79 Å². The van der Waals surface area contributed by atoms with Crippen molar-refractivity contribution in [2.75, 3.05) is 13.2 Å². The first-order valence-corrected chi connectivity index (χ1v) is 21.2. The van der Waals surface area contributed by atoms with E-state index in [1.54, 1.807) is 30.3 Å². The molecule has 5 rings (SSSR count). The Bertz CT molecular complexity index is 1870. The Morgan fingerprint density at radius 3 is 1.71 bits per heavy atom. The topological polar surface area (TPSA) is 172 Å². The largest absolute Gasteiger partial charge is 0.456 e. The van der Waals surface area contributed by atoms with Gasteiger partial charge in [-0.15, -0.1) is 6.42 Å². The lowest BCUT2D eigenvalue weighted by molar-refractivity contribution is -0.363. The van der Waals surface area contributed by atoms with Crippen LogP contribution < -0.4 is 10.4 Å². The zero-order valence-electron chi connectivity index (χ0n) is 34.2. The van der Waals surface area contributed by atoms with Crippen molar-refractivity contribution in [2.45, 2.75) is 115 Å². The van der Waals surface area contributed by atoms with Crippen LogP contribution in [0.2, 0.25) is 5.04 Å². The van der Waals surface area contributed by atoms with E-state index in [-0.39, 0.29) is 18.8 Å². The second kappa shape index (κ2) is 19.9. The molecule has 2 heterocycles. The molecule has 3 aromatic rings. The van der Waals surface area contributed by atoms with Gasteiger partial charge in [0, 0.05) is 20.8 Å². The van der Waals surface area contributed by atoms with Crippen molar-refractivity contribution in [3.63, 3.8) is 0 Å². The minimum atomic E-state index is -3.19. The van der Waals surface area contributed by atoms with E-state index in [0.717, 1.165) is 31.1 Å². The van der Waals surface area contributed by atoms with Gasteiger partial charge in [-0.2, -0.15) is 0 Å². The van der Waals surface area contributed by atoms with Crippen molar-refractivity contribution in [2.24, 2.45) is 0 Å². The van der Waals surface area contributed by atoms with E-state index in [4.69, 9.17) is 48.7 Å². The molecule has 0 bridgehead atoms. The standard InChI is InChI=1S/C44H52O14Si/c1-9-25-50-42-39(58-43-40(55-30(5)47)38(54-29(4)46)36(27(2)52-43)53-28(3)45)37(57-41(49)31-19-13-10-14-20-31)35(48)34(56-42)26-51-59(44(6,7)8,32-21-15-11-16-22-32)33-23-17-12-18-24-33/h1,10-24,27,34-40,42-43,48H,25-26H2,2-8H3/t27-,34+,35+,36-,37-,38+,39+,40+,42+,43-/m0/s1. The van der Waals surface area contributed by atoms with Gasteiger partial charge in [-0.05, 0) is 34.5 Å². The van der Waals surface area contributed by atoms with Crippen LogP contribution in [0.25, 0.3) is 0 Å². The number of aliphatic hydroxyl groups excluding tert-OH is 1. The van der Waals surface area contributed by atoms with Gasteiger partial charge in [0.25, 0.3) is 8.32 Å². The van der Waals surface area contributed by atoms with Crippen molar-refractivity contribution in [3.8, 4) is 12.3 Å². The SMILES string of the molecule is C#CCO[C@@H]1O[C@H](CO[Si](c2ccccc2)(c2ccccc2)C(C)(C)C)[C@@H](O)[C@H](OC(=O)c2ccccc2)[C@H]1O[C@@H]1O[C@@H](C)[C@H](OC(C)=O)[C@@H](OC(C)=O)[C@H]1OC(C)=O. The van der Waals surface area contributed by atoms with Gasteiger partial charge in [-0.3, -0.25) is 14.4 Å². The molecule has 2 saturated heterocycles. The predicted molar refractivity (Wildman–Crippen MR) is 215 cm³/mol. The summed E-state index contributed by atoms with van der Waals surface area (Å²) in [7, 11) is -3.19. The van der Waals surface area contributed by atoms with Crippen LogP contribution >= 0.6 is 0 Å². The van der Waals surface area contributed by atoms with Gasteiger partial charge < -0.3 is 47.4 Å². The number of aliphatic hydroxyl groups is 1. The highest BCUT2D eigenvalue weighted by atomic mass is 28.4. The number of rotatable bonds is 14. The van der Waals surface area contributed by atoms with Crippen LogP contribution in [-0.4, -0.2) is 112 Å². The monoisotopic (exact) mass is 832 g/mol. The minimum absolute atomic E-state index is 0.172. The second-order valence-corrected chi connectivity index (χ2v) is 19.6. The van der Waals surface area contributed by atoms with E-state index in [2.05, 4.69) is 26.7 Å². The molecule has 2 aliphatic heterocycles. The molecule has 0 aliphatic carbocycles. The highest BCUT2D eigenvalue weighted by molar-refractivity contribution is 6.99. The van der Waals surface area contributed by atoms with Crippen LogP contribution in [-0.2, 0) is 56.7 Å². The number of ether oxygens (including phenoxy) is 8. The number of esters is 4. The van der Waals surface area contributed by atoms with E-state index in [9.17, 15) is 24.3 Å². The van der Waals surface area contributed by atoms with Crippen molar-refractivity contribution >= 4 is 42.6 Å². The Morgan fingerprint density at radius 1 is 0.695 bits per heavy atom. The normalized spacial score (nSPS) is 27.1. The summed E-state index contributed by atoms with van der Waals surface area (Å²) >= 11 is 0. The molecule has 14 nitrogen and oxygen atoms in total. The third-order valence-corrected chi connectivity index (χ3v) is 15.0. The summed E-state index contributed by atoms with van der Waals surface area (Å²) in [5.74, 6) is -0.710. The third kappa shape index (κ3) is 10.6. The third-order valence-electron chi connectivity index (χ3n) is 10.0. The van der Waals surface area contributed by atoms with Crippen molar-refractivity contribution in [3.05, 3.63) is 96.6 Å². The summed E-state index contributed by atoms with van der Waals surface area (Å²) < 4.78 is 54.9. The first-order chi connectivity index (χ1) is 28.1. The summed E-state index contributed by atoms with van der Waals surface area (Å²) in [5, 5.41) is 13.8. The summed E-state index contributed by atoms with van der Waals surface area (Å²) in [6.07, 6.45) is -8.47. The van der Waals surface area contributed by atoms with Gasteiger partial charge in [0.15, 0.2) is 43.1 Å². The Balaban J connectivity index is 1.57. The molecule has 10 atom stereocenters. The molecule has 59 heavy (non-hydrogen) atoms. The molecular formula is C44H52O14Si. The molecule has 15 heteroatoms. The highest BCUT2D eigenvalue weighted by Gasteiger charge is 2.57. The molecule has 1 N–H and O–H groups in total. The maximum Gasteiger partial charge on any atom is 0.338 e. The first-order valence-electron chi connectivity index (χ1n) is 19.3. The average molecular weight is 833 g/mol. The maximum absolute atomic E-state index is 13.8. The van der Waals surface area contributed by atoms with E-state index in [1.165, 1.54) is 6.92 Å². The van der Waals surface area contributed by atoms with Crippen molar-refractivity contribution < 1.29 is 66.6 Å². The second-order valence-electron chi connectivity index (χ2n) is 15.3. The number of benzene rings is 3. The molecular weight excluding hydrogens is 781 g/mol. The molecule has 0 aromatic heterocycles. The highest BCUT2D eigenvalue weighted by Crippen LogP contribution is 2.39. The molecule has 316 valence electrons.